The van der Waals surface area contributed by atoms with E-state index in [9.17, 15) is 0 Å². The van der Waals surface area contributed by atoms with Crippen molar-refractivity contribution in [1.29, 1.82) is 0 Å². The van der Waals surface area contributed by atoms with Gasteiger partial charge in [0.05, 0.1) is 0 Å². The fourth-order valence-corrected chi connectivity index (χ4v) is 3.30. The van der Waals surface area contributed by atoms with Crippen LogP contribution in [0.4, 0.5) is 0 Å². The van der Waals surface area contributed by atoms with E-state index in [-0.39, 0.29) is 0 Å². The third-order valence-corrected chi connectivity index (χ3v) is 5.05. The molecule has 148 valence electrons. The topological polar surface area (TPSA) is 0 Å². The molecule has 0 aromatic heterocycles. The average molecular weight is 349 g/mol. The highest BCUT2D eigenvalue weighted by Crippen LogP contribution is 2.13. The van der Waals surface area contributed by atoms with E-state index in [1.54, 1.807) is 0 Å². The van der Waals surface area contributed by atoms with Gasteiger partial charge in [0.15, 0.2) is 0 Å². The molecular formula is C25H48. The van der Waals surface area contributed by atoms with E-state index in [1.807, 2.05) is 0 Å². The van der Waals surface area contributed by atoms with Gasteiger partial charge in [-0.15, -0.1) is 0 Å². The molecule has 0 saturated heterocycles. The van der Waals surface area contributed by atoms with E-state index >= 15 is 0 Å². The molecule has 0 heteroatoms. The molecule has 0 radical (unpaired) electrons. The molecule has 25 heavy (non-hydrogen) atoms. The number of unbranched alkanes of at least 4 members (excludes halogenated alkanes) is 16. The van der Waals surface area contributed by atoms with Gasteiger partial charge < -0.3 is 0 Å². The lowest BCUT2D eigenvalue weighted by molar-refractivity contribution is 0.540. The molecule has 0 aliphatic carbocycles. The zero-order chi connectivity index (χ0) is 18.3. The van der Waals surface area contributed by atoms with Gasteiger partial charge in [-0.3, -0.25) is 0 Å². The molecule has 0 heterocycles. The largest absolute Gasteiger partial charge is 0.0882 e. The zero-order valence-corrected chi connectivity index (χ0v) is 17.7. The Balaban J connectivity index is 3.10. The molecule has 0 aliphatic heterocycles. The third kappa shape index (κ3) is 23.5. The Kier molecular flexibility index (Phi) is 23.0. The van der Waals surface area contributed by atoms with Crippen LogP contribution in [-0.2, 0) is 0 Å². The molecule has 0 unspecified atom stereocenters. The fourth-order valence-electron chi connectivity index (χ4n) is 3.30. The summed E-state index contributed by atoms with van der Waals surface area (Å²) in [5.41, 5.74) is 0. The van der Waals surface area contributed by atoms with Gasteiger partial charge in [0.1, 0.15) is 0 Å². The van der Waals surface area contributed by atoms with E-state index in [0.717, 1.165) is 6.42 Å². The number of allylic oxidation sites excluding steroid dienone is 4. The quantitative estimate of drug-likeness (QED) is 0.152. The minimum absolute atomic E-state index is 1.13. The molecule has 0 aromatic carbocycles. The molecule has 0 N–H and O–H groups in total. The van der Waals surface area contributed by atoms with Crippen molar-refractivity contribution in [1.82, 2.24) is 0 Å². The maximum absolute atomic E-state index is 2.38. The standard InChI is InChI=1S/C25H48/c1-3-5-7-9-11-13-15-17-19-21-23-25-24-22-20-18-16-14-12-10-8-6-4-2/h11,13,17,19H,3-10,12,14-16,18,20-25H2,1-2H3. The van der Waals surface area contributed by atoms with Crippen molar-refractivity contribution in [3.8, 4) is 0 Å². The predicted molar refractivity (Wildman–Crippen MR) is 117 cm³/mol. The van der Waals surface area contributed by atoms with Crippen LogP contribution in [0.15, 0.2) is 24.3 Å². The number of hydrogen-bond donors (Lipinski definition) is 0. The first-order valence-electron chi connectivity index (χ1n) is 11.7. The van der Waals surface area contributed by atoms with Gasteiger partial charge in [0.25, 0.3) is 0 Å². The summed E-state index contributed by atoms with van der Waals surface area (Å²) in [7, 11) is 0. The molecule has 0 spiro atoms. The fraction of sp³-hybridized carbons (Fsp3) is 0.840. The first-order valence-corrected chi connectivity index (χ1v) is 11.7. The molecule has 0 aliphatic rings. The predicted octanol–water partition coefficient (Wildman–Crippen LogP) is 9.55. The van der Waals surface area contributed by atoms with Crippen LogP contribution in [-0.4, -0.2) is 0 Å². The van der Waals surface area contributed by atoms with Crippen molar-refractivity contribution in [3.05, 3.63) is 24.3 Å². The highest BCUT2D eigenvalue weighted by Gasteiger charge is 1.93. The molecule has 0 nitrogen and oxygen atoms in total. The van der Waals surface area contributed by atoms with Crippen LogP contribution in [0.2, 0.25) is 0 Å². The van der Waals surface area contributed by atoms with Crippen LogP contribution in [0.5, 0.6) is 0 Å². The highest BCUT2D eigenvalue weighted by molar-refractivity contribution is 4.92. The maximum atomic E-state index is 2.38. The highest BCUT2D eigenvalue weighted by atomic mass is 14.0. The van der Waals surface area contributed by atoms with Crippen molar-refractivity contribution >= 4 is 0 Å². The molecule has 0 bridgehead atoms. The van der Waals surface area contributed by atoms with E-state index in [4.69, 9.17) is 0 Å². The molecule has 0 aromatic rings. The normalized spacial score (nSPS) is 11.9. The minimum atomic E-state index is 1.13. The van der Waals surface area contributed by atoms with Crippen LogP contribution in [0, 0.1) is 0 Å². The van der Waals surface area contributed by atoms with Gasteiger partial charge in [-0.2, -0.15) is 0 Å². The molecule has 0 fully saturated rings. The molecule has 0 saturated carbocycles. The van der Waals surface area contributed by atoms with E-state index < -0.39 is 0 Å². The van der Waals surface area contributed by atoms with Gasteiger partial charge in [-0.05, 0) is 32.1 Å². The smallest absolute Gasteiger partial charge is 0.0169 e. The number of rotatable bonds is 20. The van der Waals surface area contributed by atoms with Crippen LogP contribution in [0.1, 0.15) is 136 Å². The van der Waals surface area contributed by atoms with Gasteiger partial charge in [-0.1, -0.05) is 128 Å². The zero-order valence-electron chi connectivity index (χ0n) is 17.7. The second-order valence-corrected chi connectivity index (χ2v) is 7.71. The summed E-state index contributed by atoms with van der Waals surface area (Å²) < 4.78 is 0. The Morgan fingerprint density at radius 2 is 0.680 bits per heavy atom. The number of hydrogen-bond acceptors (Lipinski definition) is 0. The lowest BCUT2D eigenvalue weighted by atomic mass is 10.0. The van der Waals surface area contributed by atoms with Crippen molar-refractivity contribution < 1.29 is 0 Å². The van der Waals surface area contributed by atoms with E-state index in [0.29, 0.717) is 0 Å². The lowest BCUT2D eigenvalue weighted by Gasteiger charge is -2.02. The summed E-state index contributed by atoms with van der Waals surface area (Å²) in [6.45, 7) is 4.56. The monoisotopic (exact) mass is 348 g/mol. The Morgan fingerprint density at radius 3 is 1.12 bits per heavy atom. The lowest BCUT2D eigenvalue weighted by Crippen LogP contribution is -1.82. The summed E-state index contributed by atoms with van der Waals surface area (Å²) >= 11 is 0. The molecule has 0 rings (SSSR count). The summed E-state index contributed by atoms with van der Waals surface area (Å²) in [4.78, 5) is 0. The van der Waals surface area contributed by atoms with Crippen molar-refractivity contribution in [3.63, 3.8) is 0 Å². The van der Waals surface area contributed by atoms with Crippen molar-refractivity contribution in [2.45, 2.75) is 136 Å². The molecule has 0 atom stereocenters. The SMILES string of the molecule is CCCCCC=CCC=CCCCCCCCCCCCCCCC. The first kappa shape index (κ1) is 24.5. The Morgan fingerprint density at radius 1 is 0.360 bits per heavy atom. The summed E-state index contributed by atoms with van der Waals surface area (Å²) in [5, 5.41) is 0. The maximum Gasteiger partial charge on any atom is -0.0169 e. The van der Waals surface area contributed by atoms with Crippen LogP contribution < -0.4 is 0 Å². The van der Waals surface area contributed by atoms with Gasteiger partial charge >= 0.3 is 0 Å². The van der Waals surface area contributed by atoms with Gasteiger partial charge in [0.2, 0.25) is 0 Å². The molecule has 0 amide bonds. The first-order chi connectivity index (χ1) is 12.4. The van der Waals surface area contributed by atoms with E-state index in [1.165, 1.54) is 116 Å². The third-order valence-electron chi connectivity index (χ3n) is 5.05. The van der Waals surface area contributed by atoms with Crippen LogP contribution in [0.25, 0.3) is 0 Å². The Labute approximate surface area is 160 Å². The second kappa shape index (κ2) is 23.5. The average Bonchev–Trinajstić information content (AvgIpc) is 2.63. The van der Waals surface area contributed by atoms with E-state index in [2.05, 4.69) is 38.2 Å². The minimum Gasteiger partial charge on any atom is -0.0882 e. The van der Waals surface area contributed by atoms with Gasteiger partial charge in [0, 0.05) is 0 Å². The van der Waals surface area contributed by atoms with Crippen molar-refractivity contribution in [2.75, 3.05) is 0 Å². The molecular weight excluding hydrogens is 300 g/mol. The summed E-state index contributed by atoms with van der Waals surface area (Å²) in [6.07, 6.45) is 35.9. The Bertz CT molecular complexity index is 274. The summed E-state index contributed by atoms with van der Waals surface area (Å²) in [6, 6.07) is 0. The second-order valence-electron chi connectivity index (χ2n) is 7.71. The van der Waals surface area contributed by atoms with Gasteiger partial charge in [-0.25, -0.2) is 0 Å². The van der Waals surface area contributed by atoms with Crippen LogP contribution >= 0.6 is 0 Å². The van der Waals surface area contributed by atoms with Crippen LogP contribution in [0.3, 0.4) is 0 Å². The van der Waals surface area contributed by atoms with Crippen molar-refractivity contribution in [2.24, 2.45) is 0 Å². The summed E-state index contributed by atoms with van der Waals surface area (Å²) in [5.74, 6) is 0. The Hall–Kier alpha value is -0.520.